The lowest BCUT2D eigenvalue weighted by molar-refractivity contribution is -0.290. The Labute approximate surface area is 102 Å². The Hall–Kier alpha value is -1.07. The van der Waals surface area contributed by atoms with E-state index in [-0.39, 0.29) is 5.41 Å². The molecular weight excluding hydrogens is 218 g/mol. The number of aliphatic hydroxyl groups excluding tert-OH is 2. The zero-order chi connectivity index (χ0) is 13.4. The summed E-state index contributed by atoms with van der Waals surface area (Å²) in [5.41, 5.74) is 0.907. The van der Waals surface area contributed by atoms with Gasteiger partial charge in [-0.2, -0.15) is 4.58 Å². The molecule has 0 fully saturated rings. The van der Waals surface area contributed by atoms with Crippen LogP contribution in [0.3, 0.4) is 0 Å². The summed E-state index contributed by atoms with van der Waals surface area (Å²) in [5, 5.41) is 27.3. The molecule has 0 unspecified atom stereocenters. The third-order valence-electron chi connectivity index (χ3n) is 2.88. The summed E-state index contributed by atoms with van der Waals surface area (Å²) in [4.78, 5) is 0. The number of hydrogen-bond donors (Lipinski definition) is 2. The van der Waals surface area contributed by atoms with Crippen molar-refractivity contribution in [3.63, 3.8) is 0 Å². The lowest BCUT2D eigenvalue weighted by Gasteiger charge is -2.21. The van der Waals surface area contributed by atoms with Gasteiger partial charge in [-0.15, -0.1) is 0 Å². The normalized spacial score (nSPS) is 23.1. The van der Waals surface area contributed by atoms with E-state index in [9.17, 15) is 10.2 Å². The molecule has 0 saturated carbocycles. The van der Waals surface area contributed by atoms with E-state index in [0.29, 0.717) is 11.7 Å². The summed E-state index contributed by atoms with van der Waals surface area (Å²) < 4.78 is 1.76. The molecule has 0 amide bonds. The predicted molar refractivity (Wildman–Crippen MR) is 68.6 cm³/mol. The van der Waals surface area contributed by atoms with Gasteiger partial charge in [0.05, 0.1) is 15.9 Å². The third-order valence-corrected chi connectivity index (χ3v) is 2.88. The molecule has 1 aliphatic rings. The molecule has 1 heterocycles. The SMILES string of the molecule is CC(=[N+]1C([C@H](C)O)=NN=C1[C@@H](C)O)C(C)(C)C. The number of rotatable bonds is 2. The van der Waals surface area contributed by atoms with Gasteiger partial charge in [-0.3, -0.25) is 0 Å². The molecular formula is C12H22N3O2+. The van der Waals surface area contributed by atoms with E-state index < -0.39 is 12.2 Å². The molecule has 5 heteroatoms. The molecule has 5 nitrogen and oxygen atoms in total. The van der Waals surface area contributed by atoms with Crippen molar-refractivity contribution in [2.75, 3.05) is 0 Å². The Morgan fingerprint density at radius 3 is 1.65 bits per heavy atom. The fourth-order valence-electron chi connectivity index (χ4n) is 1.53. The Balaban J connectivity index is 3.32. The Morgan fingerprint density at radius 1 is 1.06 bits per heavy atom. The van der Waals surface area contributed by atoms with Crippen LogP contribution in [0.1, 0.15) is 41.5 Å². The smallest absolute Gasteiger partial charge is 0.314 e. The lowest BCUT2D eigenvalue weighted by Crippen LogP contribution is -2.42. The predicted octanol–water partition coefficient (Wildman–Crippen LogP) is 0.993. The van der Waals surface area contributed by atoms with Crippen molar-refractivity contribution in [1.82, 2.24) is 0 Å². The Kier molecular flexibility index (Phi) is 3.84. The summed E-state index contributed by atoms with van der Waals surface area (Å²) >= 11 is 0. The maximum atomic E-state index is 9.70. The van der Waals surface area contributed by atoms with Crippen LogP contribution in [0.25, 0.3) is 0 Å². The molecule has 0 aliphatic carbocycles. The highest BCUT2D eigenvalue weighted by molar-refractivity contribution is 6.02. The van der Waals surface area contributed by atoms with Gasteiger partial charge in [0.2, 0.25) is 0 Å². The lowest BCUT2D eigenvalue weighted by atomic mass is 9.90. The molecule has 0 saturated heterocycles. The summed E-state index contributed by atoms with van der Waals surface area (Å²) in [6, 6.07) is 0. The number of hydrogen-bond acceptors (Lipinski definition) is 4. The van der Waals surface area contributed by atoms with E-state index >= 15 is 0 Å². The van der Waals surface area contributed by atoms with E-state index in [4.69, 9.17) is 0 Å². The maximum absolute atomic E-state index is 9.70. The van der Waals surface area contributed by atoms with Crippen molar-refractivity contribution in [1.29, 1.82) is 0 Å². The van der Waals surface area contributed by atoms with Crippen LogP contribution in [0, 0.1) is 5.41 Å². The van der Waals surface area contributed by atoms with E-state index in [1.807, 2.05) is 6.92 Å². The van der Waals surface area contributed by atoms with Crippen LogP contribution < -0.4 is 0 Å². The number of amidine groups is 2. The minimum Gasteiger partial charge on any atom is -0.382 e. The van der Waals surface area contributed by atoms with E-state index in [2.05, 4.69) is 31.0 Å². The molecule has 0 radical (unpaired) electrons. The Morgan fingerprint density at radius 2 is 1.41 bits per heavy atom. The number of nitrogens with zero attached hydrogens (tertiary/aromatic N) is 3. The van der Waals surface area contributed by atoms with Gasteiger partial charge in [0.25, 0.3) is 0 Å². The van der Waals surface area contributed by atoms with Gasteiger partial charge >= 0.3 is 11.7 Å². The molecule has 2 atom stereocenters. The van der Waals surface area contributed by atoms with Gasteiger partial charge < -0.3 is 10.2 Å². The second-order valence-electron chi connectivity index (χ2n) is 5.44. The largest absolute Gasteiger partial charge is 0.382 e. The highest BCUT2D eigenvalue weighted by Gasteiger charge is 2.38. The van der Waals surface area contributed by atoms with Gasteiger partial charge in [-0.1, -0.05) is 20.8 Å². The molecule has 1 rings (SSSR count). The van der Waals surface area contributed by atoms with Crippen molar-refractivity contribution < 1.29 is 14.8 Å². The molecule has 0 spiro atoms. The zero-order valence-electron chi connectivity index (χ0n) is 11.4. The molecule has 2 N–H and O–H groups in total. The van der Waals surface area contributed by atoms with Crippen LogP contribution in [0.5, 0.6) is 0 Å². The first kappa shape index (κ1) is 14.0. The molecule has 17 heavy (non-hydrogen) atoms. The second kappa shape index (κ2) is 4.66. The molecule has 0 bridgehead atoms. The fraction of sp³-hybridized carbons (Fsp3) is 0.750. The highest BCUT2D eigenvalue weighted by atomic mass is 16.3. The van der Waals surface area contributed by atoms with Gasteiger partial charge in [-0.05, 0) is 20.8 Å². The highest BCUT2D eigenvalue weighted by Crippen LogP contribution is 2.18. The molecule has 96 valence electrons. The van der Waals surface area contributed by atoms with Gasteiger partial charge in [-0.25, -0.2) is 0 Å². The van der Waals surface area contributed by atoms with Gasteiger partial charge in [0.1, 0.15) is 12.2 Å². The monoisotopic (exact) mass is 240 g/mol. The summed E-state index contributed by atoms with van der Waals surface area (Å²) in [5.74, 6) is 0.932. The molecule has 1 aliphatic heterocycles. The fourth-order valence-corrected chi connectivity index (χ4v) is 1.53. The standard InChI is InChI=1S/C12H22N3O2/c1-7(16)10-13-14-11(8(2)17)15(10)9(3)12(4,5)6/h7-8,16-17H,1-6H3/q+1/t7-,8+. The van der Waals surface area contributed by atoms with E-state index in [0.717, 1.165) is 5.71 Å². The molecule has 0 aromatic rings. The van der Waals surface area contributed by atoms with Crippen LogP contribution in [0.2, 0.25) is 0 Å². The van der Waals surface area contributed by atoms with Crippen molar-refractivity contribution in [2.24, 2.45) is 15.6 Å². The van der Waals surface area contributed by atoms with Crippen molar-refractivity contribution in [3.05, 3.63) is 0 Å². The summed E-state index contributed by atoms with van der Waals surface area (Å²) in [7, 11) is 0. The van der Waals surface area contributed by atoms with Crippen LogP contribution in [0.15, 0.2) is 10.2 Å². The van der Waals surface area contributed by atoms with Crippen molar-refractivity contribution >= 4 is 17.4 Å². The average molecular weight is 240 g/mol. The summed E-state index contributed by atoms with van der Waals surface area (Å²) in [6.45, 7) is 11.4. The van der Waals surface area contributed by atoms with Crippen LogP contribution >= 0.6 is 0 Å². The summed E-state index contributed by atoms with van der Waals surface area (Å²) in [6.07, 6.45) is -1.43. The second-order valence-corrected chi connectivity index (χ2v) is 5.44. The average Bonchev–Trinajstić information content (AvgIpc) is 2.58. The zero-order valence-corrected chi connectivity index (χ0v) is 11.4. The van der Waals surface area contributed by atoms with Crippen LogP contribution in [0.4, 0.5) is 0 Å². The number of aliphatic hydroxyl groups is 2. The first-order chi connectivity index (χ1) is 7.66. The minimum absolute atomic E-state index is 0.0876. The van der Waals surface area contributed by atoms with E-state index in [1.165, 1.54) is 0 Å². The topological polar surface area (TPSA) is 68.2 Å². The van der Waals surface area contributed by atoms with Crippen LogP contribution in [-0.2, 0) is 0 Å². The van der Waals surface area contributed by atoms with Crippen molar-refractivity contribution in [3.8, 4) is 0 Å². The Bertz CT molecular complexity index is 372. The molecule has 0 aromatic heterocycles. The quantitative estimate of drug-likeness (QED) is 0.707. The van der Waals surface area contributed by atoms with Gasteiger partial charge in [0, 0.05) is 5.41 Å². The maximum Gasteiger partial charge on any atom is 0.314 e. The first-order valence-corrected chi connectivity index (χ1v) is 5.82. The van der Waals surface area contributed by atoms with Crippen LogP contribution in [-0.4, -0.2) is 44.4 Å². The van der Waals surface area contributed by atoms with Gasteiger partial charge in [0.15, 0.2) is 0 Å². The third kappa shape index (κ3) is 2.79. The van der Waals surface area contributed by atoms with Crippen molar-refractivity contribution in [2.45, 2.75) is 53.8 Å². The first-order valence-electron chi connectivity index (χ1n) is 5.82. The van der Waals surface area contributed by atoms with E-state index in [1.54, 1.807) is 18.4 Å². The molecule has 0 aromatic carbocycles. The minimum atomic E-state index is -0.715.